The second kappa shape index (κ2) is 8.98. The first-order valence-electron chi connectivity index (χ1n) is 6.92. The van der Waals surface area contributed by atoms with Crippen molar-refractivity contribution < 1.29 is 14.7 Å². The molecule has 0 aliphatic rings. The molecule has 1 aromatic rings. The molecule has 0 aliphatic carbocycles. The van der Waals surface area contributed by atoms with E-state index < -0.39 is 6.10 Å². The van der Waals surface area contributed by atoms with Gasteiger partial charge in [0.15, 0.2) is 0 Å². The third kappa shape index (κ3) is 6.22. The second-order valence-electron chi connectivity index (χ2n) is 5.01. The summed E-state index contributed by atoms with van der Waals surface area (Å²) in [7, 11) is 3.22. The number of carbonyl (C=O) groups is 2. The minimum absolute atomic E-state index is 0.0607. The van der Waals surface area contributed by atoms with Crippen LogP contribution in [0.2, 0.25) is 10.0 Å². The number of halogens is 2. The predicted octanol–water partition coefficient (Wildman–Crippen LogP) is 2.40. The van der Waals surface area contributed by atoms with E-state index >= 15 is 0 Å². The number of aliphatic hydroxyl groups excluding tert-OH is 1. The Labute approximate surface area is 140 Å². The maximum Gasteiger partial charge on any atom is 0.225 e. The largest absolute Gasteiger partial charge is 0.388 e. The smallest absolute Gasteiger partial charge is 0.225 e. The molecular weight excluding hydrogens is 327 g/mol. The maximum absolute atomic E-state index is 12.0. The number of nitrogens with one attached hydrogen (secondary N) is 1. The summed E-state index contributed by atoms with van der Waals surface area (Å²) >= 11 is 11.8. The van der Waals surface area contributed by atoms with Gasteiger partial charge >= 0.3 is 0 Å². The zero-order chi connectivity index (χ0) is 16.7. The van der Waals surface area contributed by atoms with E-state index in [0.717, 1.165) is 0 Å². The Morgan fingerprint density at radius 1 is 1.27 bits per heavy atom. The average Bonchev–Trinajstić information content (AvgIpc) is 2.45. The molecule has 1 unspecified atom stereocenters. The Morgan fingerprint density at radius 2 is 1.86 bits per heavy atom. The standard InChI is InChI=1S/C15H20Cl2N2O3/c1-18-14(21)4-3-5-19(2)15(22)9-13(20)10-6-11(16)8-12(17)7-10/h6-8,13,20H,3-5,9H2,1-2H3,(H,18,21). The van der Waals surface area contributed by atoms with Crippen LogP contribution in [0, 0.1) is 0 Å². The van der Waals surface area contributed by atoms with Crippen LogP contribution in [0.5, 0.6) is 0 Å². The third-order valence-corrected chi connectivity index (χ3v) is 3.68. The van der Waals surface area contributed by atoms with Crippen molar-refractivity contribution in [3.8, 4) is 0 Å². The van der Waals surface area contributed by atoms with E-state index in [9.17, 15) is 14.7 Å². The van der Waals surface area contributed by atoms with Gasteiger partial charge in [-0.25, -0.2) is 0 Å². The van der Waals surface area contributed by atoms with Gasteiger partial charge in [-0.15, -0.1) is 0 Å². The average molecular weight is 347 g/mol. The Balaban J connectivity index is 2.50. The quantitative estimate of drug-likeness (QED) is 0.796. The van der Waals surface area contributed by atoms with Crippen molar-refractivity contribution in [3.63, 3.8) is 0 Å². The lowest BCUT2D eigenvalue weighted by Crippen LogP contribution is -2.30. The van der Waals surface area contributed by atoms with Gasteiger partial charge in [-0.3, -0.25) is 9.59 Å². The topological polar surface area (TPSA) is 69.6 Å². The zero-order valence-corrected chi connectivity index (χ0v) is 14.1. The molecule has 1 aromatic carbocycles. The fraction of sp³-hybridized carbons (Fsp3) is 0.467. The summed E-state index contributed by atoms with van der Waals surface area (Å²) in [5.41, 5.74) is 0.504. The minimum atomic E-state index is -0.968. The number of nitrogens with zero attached hydrogens (tertiary/aromatic N) is 1. The van der Waals surface area contributed by atoms with Crippen LogP contribution in [0.4, 0.5) is 0 Å². The van der Waals surface area contributed by atoms with E-state index in [1.165, 1.54) is 4.90 Å². The number of rotatable bonds is 7. The molecule has 0 aliphatic heterocycles. The van der Waals surface area contributed by atoms with E-state index in [0.29, 0.717) is 35.0 Å². The van der Waals surface area contributed by atoms with E-state index in [-0.39, 0.29) is 18.2 Å². The molecule has 0 aromatic heterocycles. The van der Waals surface area contributed by atoms with E-state index in [4.69, 9.17) is 23.2 Å². The van der Waals surface area contributed by atoms with Crippen molar-refractivity contribution in [1.29, 1.82) is 0 Å². The molecule has 0 fully saturated rings. The van der Waals surface area contributed by atoms with Crippen LogP contribution in [-0.2, 0) is 9.59 Å². The second-order valence-corrected chi connectivity index (χ2v) is 5.89. The third-order valence-electron chi connectivity index (χ3n) is 3.24. The Bertz CT molecular complexity index is 517. The molecule has 0 radical (unpaired) electrons. The lowest BCUT2D eigenvalue weighted by atomic mass is 10.1. The molecular formula is C15H20Cl2N2O3. The molecule has 1 rings (SSSR count). The lowest BCUT2D eigenvalue weighted by molar-refractivity contribution is -0.132. The summed E-state index contributed by atoms with van der Waals surface area (Å²) in [5, 5.41) is 13.5. The van der Waals surface area contributed by atoms with Crippen LogP contribution in [-0.4, -0.2) is 42.5 Å². The van der Waals surface area contributed by atoms with Crippen LogP contribution in [0.25, 0.3) is 0 Å². The van der Waals surface area contributed by atoms with Crippen molar-refractivity contribution in [1.82, 2.24) is 10.2 Å². The summed E-state index contributed by atoms with van der Waals surface area (Å²) in [6.45, 7) is 0.454. The summed E-state index contributed by atoms with van der Waals surface area (Å²) in [6.07, 6.45) is -0.0977. The number of aliphatic hydroxyl groups is 1. The highest BCUT2D eigenvalue weighted by molar-refractivity contribution is 6.34. The fourth-order valence-corrected chi connectivity index (χ4v) is 2.48. The zero-order valence-electron chi connectivity index (χ0n) is 12.6. The first kappa shape index (κ1) is 18.7. The molecule has 7 heteroatoms. The highest BCUT2D eigenvalue weighted by Crippen LogP contribution is 2.25. The van der Waals surface area contributed by atoms with Gasteiger partial charge in [0, 0.05) is 37.1 Å². The molecule has 0 bridgehead atoms. The molecule has 0 saturated carbocycles. The molecule has 5 nitrogen and oxygen atoms in total. The summed E-state index contributed by atoms with van der Waals surface area (Å²) < 4.78 is 0. The molecule has 0 saturated heterocycles. The normalized spacial score (nSPS) is 11.9. The van der Waals surface area contributed by atoms with Gasteiger partial charge in [0.25, 0.3) is 0 Å². The van der Waals surface area contributed by atoms with Crippen LogP contribution in [0.3, 0.4) is 0 Å². The molecule has 2 N–H and O–H groups in total. The monoisotopic (exact) mass is 346 g/mol. The Hall–Kier alpha value is -1.30. The van der Waals surface area contributed by atoms with Crippen molar-refractivity contribution in [2.45, 2.75) is 25.4 Å². The van der Waals surface area contributed by atoms with Crippen molar-refractivity contribution in [3.05, 3.63) is 33.8 Å². The fourth-order valence-electron chi connectivity index (χ4n) is 1.93. The molecule has 122 valence electrons. The SMILES string of the molecule is CNC(=O)CCCN(C)C(=O)CC(O)c1cc(Cl)cc(Cl)c1. The first-order valence-corrected chi connectivity index (χ1v) is 7.67. The first-order chi connectivity index (χ1) is 10.3. The van der Waals surface area contributed by atoms with Crippen LogP contribution < -0.4 is 5.32 Å². The summed E-state index contributed by atoms with van der Waals surface area (Å²) in [4.78, 5) is 24.6. The minimum Gasteiger partial charge on any atom is -0.388 e. The number of benzene rings is 1. The maximum atomic E-state index is 12.0. The molecule has 22 heavy (non-hydrogen) atoms. The molecule has 2 amide bonds. The van der Waals surface area contributed by atoms with Gasteiger partial charge in [-0.05, 0) is 30.2 Å². The van der Waals surface area contributed by atoms with Crippen molar-refractivity contribution in [2.75, 3.05) is 20.6 Å². The van der Waals surface area contributed by atoms with Crippen LogP contribution in [0.15, 0.2) is 18.2 Å². The number of hydrogen-bond donors (Lipinski definition) is 2. The highest BCUT2D eigenvalue weighted by atomic mass is 35.5. The van der Waals surface area contributed by atoms with Gasteiger partial charge in [-0.2, -0.15) is 0 Å². The van der Waals surface area contributed by atoms with Crippen molar-refractivity contribution >= 4 is 35.0 Å². The van der Waals surface area contributed by atoms with Crippen molar-refractivity contribution in [2.24, 2.45) is 0 Å². The van der Waals surface area contributed by atoms with E-state index in [1.807, 2.05) is 0 Å². The predicted molar refractivity (Wildman–Crippen MR) is 87.0 cm³/mol. The Kier molecular flexibility index (Phi) is 7.65. The van der Waals surface area contributed by atoms with Crippen LogP contribution >= 0.6 is 23.2 Å². The van der Waals surface area contributed by atoms with Crippen LogP contribution in [0.1, 0.15) is 30.9 Å². The summed E-state index contributed by atoms with van der Waals surface area (Å²) in [6, 6.07) is 4.72. The van der Waals surface area contributed by atoms with Gasteiger partial charge in [0.2, 0.25) is 11.8 Å². The van der Waals surface area contributed by atoms with Gasteiger partial charge in [0.1, 0.15) is 0 Å². The molecule has 0 spiro atoms. The van der Waals surface area contributed by atoms with E-state index in [2.05, 4.69) is 5.32 Å². The van der Waals surface area contributed by atoms with Gasteiger partial charge in [0.05, 0.1) is 12.5 Å². The number of hydrogen-bond acceptors (Lipinski definition) is 3. The number of carbonyl (C=O) groups excluding carboxylic acids is 2. The Morgan fingerprint density at radius 3 is 2.41 bits per heavy atom. The summed E-state index contributed by atoms with van der Waals surface area (Å²) in [5.74, 6) is -0.269. The lowest BCUT2D eigenvalue weighted by Gasteiger charge is -2.19. The van der Waals surface area contributed by atoms with Gasteiger partial charge < -0.3 is 15.3 Å². The molecule has 1 atom stereocenters. The molecule has 0 heterocycles. The van der Waals surface area contributed by atoms with E-state index in [1.54, 1.807) is 32.3 Å². The number of amides is 2. The van der Waals surface area contributed by atoms with Gasteiger partial charge in [-0.1, -0.05) is 23.2 Å². The highest BCUT2D eigenvalue weighted by Gasteiger charge is 2.17.